The SMILES string of the molecule is C[C@H](N)C(=O)N[C@@H](C)C(=O)NC1[C@H]2CN(c3nc4c(cc3F)c(=O)c(C(=O)O)cn4-c3ccc(F)cc3F)C[C@@H]12.NC1[C@H]2CN(c3nc4c(cc3F)c(=O)c(C(=O)O)cn4-c3ccc(F)cc3F)C[C@@H]12. The van der Waals surface area contributed by atoms with Gasteiger partial charge in [-0.2, -0.15) is 0 Å². The van der Waals surface area contributed by atoms with Crippen molar-refractivity contribution >= 4 is 57.5 Å². The van der Waals surface area contributed by atoms with E-state index in [1.165, 1.54) is 13.8 Å². The number of carboxylic acid groups (broad SMARTS) is 2. The number of fused-ring (bicyclic) bond motifs is 4. The van der Waals surface area contributed by atoms with Crippen molar-refractivity contribution in [2.75, 3.05) is 36.0 Å². The number of carboxylic acids is 2. The first kappa shape index (κ1) is 47.2. The van der Waals surface area contributed by atoms with Gasteiger partial charge in [0.2, 0.25) is 22.7 Å². The maximum absolute atomic E-state index is 15.2. The highest BCUT2D eigenvalue weighted by molar-refractivity contribution is 5.94. The molecule has 10 rings (SSSR count). The number of hydrogen-bond acceptors (Lipinski definition) is 12. The first-order valence-electron chi connectivity index (χ1n) is 21.6. The molecule has 0 bridgehead atoms. The molecule has 2 amide bonds. The molecule has 6 heterocycles. The number of anilines is 2. The Bertz CT molecular complexity index is 3330. The molecule has 4 aliphatic rings. The van der Waals surface area contributed by atoms with Crippen LogP contribution in [0.3, 0.4) is 0 Å². The van der Waals surface area contributed by atoms with Crippen LogP contribution in [-0.4, -0.2) is 103 Å². The number of carbonyl (C=O) groups excluding carboxylic acids is 2. The Kier molecular flexibility index (Phi) is 11.9. The lowest BCUT2D eigenvalue weighted by Crippen LogP contribution is -2.50. The summed E-state index contributed by atoms with van der Waals surface area (Å²) < 4.78 is 88.2. The van der Waals surface area contributed by atoms with E-state index < -0.39 is 86.8 Å². The Morgan fingerprint density at radius 1 is 0.643 bits per heavy atom. The fourth-order valence-electron chi connectivity index (χ4n) is 9.26. The summed E-state index contributed by atoms with van der Waals surface area (Å²) in [5, 5.41) is 23.5. The molecule has 8 atom stereocenters. The fourth-order valence-corrected chi connectivity index (χ4v) is 9.26. The number of nitrogens with one attached hydrogen (secondary N) is 2. The quantitative estimate of drug-likeness (QED) is 0.108. The lowest BCUT2D eigenvalue weighted by Gasteiger charge is -2.23. The van der Waals surface area contributed by atoms with Crippen LogP contribution in [-0.2, 0) is 9.59 Å². The van der Waals surface area contributed by atoms with E-state index in [1.54, 1.807) is 9.80 Å². The van der Waals surface area contributed by atoms with Gasteiger partial charge in [0.25, 0.3) is 0 Å². The lowest BCUT2D eigenvalue weighted by atomic mass is 10.1. The van der Waals surface area contributed by atoms with Crippen LogP contribution in [0.5, 0.6) is 0 Å². The summed E-state index contributed by atoms with van der Waals surface area (Å²) in [6.07, 6.45) is 1.78. The largest absolute Gasteiger partial charge is 0.477 e. The number of halogens is 6. The van der Waals surface area contributed by atoms with E-state index in [9.17, 15) is 60.9 Å². The van der Waals surface area contributed by atoms with Crippen LogP contribution in [0.15, 0.2) is 70.5 Å². The van der Waals surface area contributed by atoms with Gasteiger partial charge in [-0.3, -0.25) is 28.3 Å². The molecule has 0 radical (unpaired) electrons. The Morgan fingerprint density at radius 2 is 1.06 bits per heavy atom. The van der Waals surface area contributed by atoms with E-state index in [-0.39, 0.29) is 86.7 Å². The minimum absolute atomic E-state index is 0.0247. The normalized spacial score (nSPS) is 21.6. The molecule has 4 aromatic heterocycles. The predicted molar refractivity (Wildman–Crippen MR) is 238 cm³/mol. The third-order valence-corrected chi connectivity index (χ3v) is 13.2. The van der Waals surface area contributed by atoms with E-state index in [0.29, 0.717) is 38.3 Å². The van der Waals surface area contributed by atoms with Gasteiger partial charge >= 0.3 is 11.9 Å². The van der Waals surface area contributed by atoms with E-state index in [1.807, 2.05) is 0 Å². The van der Waals surface area contributed by atoms with Gasteiger partial charge in [0.1, 0.15) is 40.4 Å². The molecule has 0 spiro atoms. The molecule has 4 fully saturated rings. The summed E-state index contributed by atoms with van der Waals surface area (Å²) in [4.78, 5) is 84.7. The second-order valence-corrected chi connectivity index (χ2v) is 17.7. The van der Waals surface area contributed by atoms with Gasteiger partial charge < -0.3 is 42.1 Å². The molecular formula is C46H40F6N10O8. The number of carbonyl (C=O) groups is 4. The first-order chi connectivity index (χ1) is 33.1. The first-order valence-corrected chi connectivity index (χ1v) is 21.6. The Labute approximate surface area is 390 Å². The summed E-state index contributed by atoms with van der Waals surface area (Å²) in [6, 6.07) is 5.41. The highest BCUT2D eigenvalue weighted by Gasteiger charge is 2.57. The van der Waals surface area contributed by atoms with Crippen molar-refractivity contribution in [3.8, 4) is 11.4 Å². The average Bonchev–Trinajstić information content (AvgIpc) is 3.88. The van der Waals surface area contributed by atoms with Gasteiger partial charge in [-0.05, 0) is 62.1 Å². The fraction of sp³-hybridized carbons (Fsp3) is 0.304. The summed E-state index contributed by atoms with van der Waals surface area (Å²) in [6.45, 7) is 4.67. The van der Waals surface area contributed by atoms with Crippen LogP contribution in [0.4, 0.5) is 38.0 Å². The van der Waals surface area contributed by atoms with E-state index in [2.05, 4.69) is 20.6 Å². The van der Waals surface area contributed by atoms with Gasteiger partial charge in [-0.15, -0.1) is 0 Å². The van der Waals surface area contributed by atoms with Crippen molar-refractivity contribution < 1.29 is 55.7 Å². The molecule has 2 unspecified atom stereocenters. The number of rotatable bonds is 10. The average molecular weight is 975 g/mol. The lowest BCUT2D eigenvalue weighted by molar-refractivity contribution is -0.129. The second kappa shape index (κ2) is 17.6. The summed E-state index contributed by atoms with van der Waals surface area (Å²) in [7, 11) is 0. The van der Waals surface area contributed by atoms with Crippen LogP contribution in [0.2, 0.25) is 0 Å². The van der Waals surface area contributed by atoms with Gasteiger partial charge in [-0.1, -0.05) is 0 Å². The molecule has 2 saturated heterocycles. The topological polar surface area (TPSA) is 261 Å². The zero-order valence-electron chi connectivity index (χ0n) is 36.7. The molecule has 2 aliphatic carbocycles. The summed E-state index contributed by atoms with van der Waals surface area (Å²) >= 11 is 0. The number of aromatic carboxylic acids is 2. The third kappa shape index (κ3) is 8.41. The number of hydrogen-bond donors (Lipinski definition) is 6. The van der Waals surface area contributed by atoms with Crippen molar-refractivity contribution in [3.63, 3.8) is 0 Å². The molecule has 8 N–H and O–H groups in total. The monoisotopic (exact) mass is 974 g/mol. The number of nitrogens with two attached hydrogens (primary N) is 2. The highest BCUT2D eigenvalue weighted by Crippen LogP contribution is 2.47. The van der Waals surface area contributed by atoms with Gasteiger partial charge in [0, 0.05) is 74.6 Å². The second-order valence-electron chi connectivity index (χ2n) is 17.7. The Balaban J connectivity index is 0.000000181. The van der Waals surface area contributed by atoms with Crippen molar-refractivity contribution in [2.45, 2.75) is 38.0 Å². The van der Waals surface area contributed by atoms with Crippen molar-refractivity contribution in [2.24, 2.45) is 35.1 Å². The molecule has 2 aliphatic heterocycles. The number of nitrogens with zero attached hydrogens (tertiary/aromatic N) is 6. The Morgan fingerprint density at radius 3 is 1.44 bits per heavy atom. The van der Waals surface area contributed by atoms with E-state index in [4.69, 9.17) is 11.5 Å². The van der Waals surface area contributed by atoms with Crippen molar-refractivity contribution in [3.05, 3.63) is 127 Å². The number of benzene rings is 2. The molecule has 70 heavy (non-hydrogen) atoms. The Hall–Kier alpha value is -7.86. The van der Waals surface area contributed by atoms with Crippen LogP contribution in [0.1, 0.15) is 34.6 Å². The molecule has 24 heteroatoms. The summed E-state index contributed by atoms with van der Waals surface area (Å²) in [5.41, 5.74) is 7.22. The van der Waals surface area contributed by atoms with Crippen LogP contribution in [0.25, 0.3) is 33.4 Å². The molecule has 2 aromatic carbocycles. The maximum atomic E-state index is 15.2. The maximum Gasteiger partial charge on any atom is 0.341 e. The number of amides is 2. The molecule has 2 saturated carbocycles. The van der Waals surface area contributed by atoms with E-state index in [0.717, 1.165) is 57.9 Å². The molecule has 364 valence electrons. The molecule has 6 aromatic rings. The van der Waals surface area contributed by atoms with Crippen LogP contribution < -0.4 is 42.8 Å². The summed E-state index contributed by atoms with van der Waals surface area (Å²) in [5.74, 6) is -9.13. The van der Waals surface area contributed by atoms with Crippen LogP contribution in [0, 0.1) is 58.6 Å². The smallest absolute Gasteiger partial charge is 0.341 e. The highest BCUT2D eigenvalue weighted by atomic mass is 19.2. The minimum Gasteiger partial charge on any atom is -0.477 e. The number of pyridine rings is 4. The van der Waals surface area contributed by atoms with Crippen molar-refractivity contribution in [1.82, 2.24) is 29.7 Å². The standard InChI is InChI=1S/C26H25F3N6O5.C20H15F3N4O3/c1-10(30)24(37)31-11(2)25(38)32-20-14-7-34(8-15(14)20)23-18(29)6-13-21(36)16(26(39)40)9-35(22(13)33-23)19-4-3-12(27)5-17(19)28;21-8-1-2-15(13(22)3-8)27-7-12(20(29)30)17(28)9-4-14(23)19(25-18(9)27)26-5-10-11(6-26)16(10)24/h3-6,9-11,14-15,20H,7-8,30H2,1-2H3,(H,31,37)(H,32,38)(H,39,40);1-4,7,10-11,16H,5-6,24H2,(H,29,30)/t10-,11-,14-,15+,20?;10-,11+,16?/m0./s1. The minimum atomic E-state index is -1.60. The zero-order chi connectivity index (χ0) is 50.4. The van der Waals surface area contributed by atoms with Gasteiger partial charge in [0.05, 0.1) is 28.2 Å². The molecular weight excluding hydrogens is 935 g/mol. The third-order valence-electron chi connectivity index (χ3n) is 13.2. The molecule has 18 nitrogen and oxygen atoms in total. The number of piperidine rings is 2. The van der Waals surface area contributed by atoms with Gasteiger partial charge in [0.15, 0.2) is 34.6 Å². The van der Waals surface area contributed by atoms with Crippen molar-refractivity contribution in [1.29, 1.82) is 0 Å². The zero-order valence-corrected chi connectivity index (χ0v) is 36.7. The van der Waals surface area contributed by atoms with E-state index >= 15 is 4.39 Å². The number of aromatic nitrogens is 4. The predicted octanol–water partition coefficient (Wildman–Crippen LogP) is 2.80. The van der Waals surface area contributed by atoms with Gasteiger partial charge in [-0.25, -0.2) is 45.9 Å². The van der Waals surface area contributed by atoms with Crippen LogP contribution >= 0.6 is 0 Å².